The van der Waals surface area contributed by atoms with Crippen LogP contribution in [0.15, 0.2) is 42.5 Å². The minimum atomic E-state index is -4.41. The molecule has 0 bridgehead atoms. The van der Waals surface area contributed by atoms with E-state index in [0.717, 1.165) is 12.1 Å². The highest BCUT2D eigenvalue weighted by molar-refractivity contribution is 7.85. The molecule has 26 heavy (non-hydrogen) atoms. The number of pyridine rings is 1. The molecule has 7 nitrogen and oxygen atoms in total. The Balaban J connectivity index is 1.83. The van der Waals surface area contributed by atoms with Crippen LogP contribution < -0.4 is 5.32 Å². The van der Waals surface area contributed by atoms with Gasteiger partial charge >= 0.3 is 6.18 Å². The Morgan fingerprint density at radius 2 is 1.81 bits per heavy atom. The molecule has 2 aromatic heterocycles. The quantitative estimate of drug-likeness (QED) is 0.655. The van der Waals surface area contributed by atoms with Crippen molar-refractivity contribution in [1.82, 2.24) is 14.6 Å². The molecule has 3 rings (SSSR count). The fourth-order valence-electron chi connectivity index (χ4n) is 2.31. The second kappa shape index (κ2) is 6.57. The lowest BCUT2D eigenvalue weighted by atomic mass is 10.2. The third-order valence-corrected chi connectivity index (χ3v) is 4.24. The normalized spacial score (nSPS) is 12.5. The van der Waals surface area contributed by atoms with E-state index in [1.165, 1.54) is 16.6 Å². The molecule has 0 saturated carbocycles. The predicted octanol–water partition coefficient (Wildman–Crippen LogP) is 2.92. The molecule has 2 heterocycles. The van der Waals surface area contributed by atoms with Crippen molar-refractivity contribution in [2.45, 2.75) is 12.6 Å². The minimum absolute atomic E-state index is 0.0270. The molecule has 0 aliphatic heterocycles. The van der Waals surface area contributed by atoms with E-state index in [4.69, 9.17) is 4.55 Å². The highest BCUT2D eigenvalue weighted by atomic mass is 32.2. The second-order valence-corrected chi connectivity index (χ2v) is 7.03. The molecule has 0 atom stereocenters. The fourth-order valence-corrected chi connectivity index (χ4v) is 2.77. The number of aromatic nitrogens is 3. The van der Waals surface area contributed by atoms with E-state index >= 15 is 0 Å². The van der Waals surface area contributed by atoms with E-state index in [1.807, 2.05) is 0 Å². The maximum Gasteiger partial charge on any atom is 0.416 e. The number of hydrogen-bond donors (Lipinski definition) is 2. The summed E-state index contributed by atoms with van der Waals surface area (Å²) in [5.74, 6) is -0.322. The fraction of sp³-hybridized carbons (Fsp3) is 0.200. The summed E-state index contributed by atoms with van der Waals surface area (Å²) in [6.45, 7) is 0. The number of nitrogens with zero attached hydrogens (tertiary/aromatic N) is 3. The van der Waals surface area contributed by atoms with Crippen LogP contribution in [0, 0.1) is 0 Å². The zero-order chi connectivity index (χ0) is 18.9. The molecule has 0 radical (unpaired) electrons. The van der Waals surface area contributed by atoms with Gasteiger partial charge in [-0.2, -0.15) is 26.6 Å². The molecular weight excluding hydrogens is 373 g/mol. The van der Waals surface area contributed by atoms with Gasteiger partial charge in [0.1, 0.15) is 0 Å². The minimum Gasteiger partial charge on any atom is -0.323 e. The highest BCUT2D eigenvalue weighted by Crippen LogP contribution is 2.30. The van der Waals surface area contributed by atoms with E-state index in [1.54, 1.807) is 18.2 Å². The average molecular weight is 386 g/mol. The van der Waals surface area contributed by atoms with E-state index in [0.29, 0.717) is 17.0 Å². The van der Waals surface area contributed by atoms with Crippen LogP contribution in [0.2, 0.25) is 0 Å². The largest absolute Gasteiger partial charge is 0.416 e. The predicted molar refractivity (Wildman–Crippen MR) is 87.8 cm³/mol. The van der Waals surface area contributed by atoms with E-state index in [9.17, 15) is 21.6 Å². The van der Waals surface area contributed by atoms with Gasteiger partial charge in [0.2, 0.25) is 5.95 Å². The summed E-state index contributed by atoms with van der Waals surface area (Å²) in [5.41, 5.74) is 0.534. The molecule has 0 fully saturated rings. The smallest absolute Gasteiger partial charge is 0.323 e. The molecule has 0 aliphatic carbocycles. The van der Waals surface area contributed by atoms with Crippen LogP contribution in [0.25, 0.3) is 5.65 Å². The average Bonchev–Trinajstić information content (AvgIpc) is 2.94. The van der Waals surface area contributed by atoms with Gasteiger partial charge < -0.3 is 5.32 Å². The Morgan fingerprint density at radius 1 is 1.12 bits per heavy atom. The van der Waals surface area contributed by atoms with Gasteiger partial charge in [-0.1, -0.05) is 6.07 Å². The molecule has 0 amide bonds. The SMILES string of the molecule is O=S(=O)(O)CCc1cccc2nc(Nc3ccc(C(F)(F)F)cc3)nn12. The van der Waals surface area contributed by atoms with Crippen molar-refractivity contribution >= 4 is 27.4 Å². The van der Waals surface area contributed by atoms with Gasteiger partial charge in [0.15, 0.2) is 5.65 Å². The van der Waals surface area contributed by atoms with E-state index < -0.39 is 27.6 Å². The number of aryl methyl sites for hydroxylation is 1. The zero-order valence-electron chi connectivity index (χ0n) is 13.1. The lowest BCUT2D eigenvalue weighted by molar-refractivity contribution is -0.137. The van der Waals surface area contributed by atoms with Gasteiger partial charge in [0, 0.05) is 17.8 Å². The molecule has 0 spiro atoms. The number of nitrogens with one attached hydrogen (secondary N) is 1. The summed E-state index contributed by atoms with van der Waals surface area (Å²) >= 11 is 0. The maximum atomic E-state index is 12.6. The Bertz CT molecular complexity index is 1030. The summed E-state index contributed by atoms with van der Waals surface area (Å²) in [7, 11) is -4.12. The van der Waals surface area contributed by atoms with Crippen LogP contribution in [-0.4, -0.2) is 33.3 Å². The van der Waals surface area contributed by atoms with Gasteiger partial charge in [-0.25, -0.2) is 4.52 Å². The van der Waals surface area contributed by atoms with Crippen molar-refractivity contribution in [3.8, 4) is 0 Å². The molecule has 2 N–H and O–H groups in total. The Kier molecular flexibility index (Phi) is 4.59. The lowest BCUT2D eigenvalue weighted by Crippen LogP contribution is -2.09. The topological polar surface area (TPSA) is 96.6 Å². The number of benzene rings is 1. The molecule has 138 valence electrons. The first-order valence-electron chi connectivity index (χ1n) is 7.36. The van der Waals surface area contributed by atoms with Crippen molar-refractivity contribution in [3.05, 3.63) is 53.7 Å². The molecule has 0 aliphatic rings. The van der Waals surface area contributed by atoms with E-state index in [2.05, 4.69) is 15.4 Å². The van der Waals surface area contributed by atoms with Crippen LogP contribution in [-0.2, 0) is 22.7 Å². The van der Waals surface area contributed by atoms with Crippen molar-refractivity contribution in [3.63, 3.8) is 0 Å². The Hall–Kier alpha value is -2.66. The summed E-state index contributed by atoms with van der Waals surface area (Å²) in [6, 6.07) is 9.33. The zero-order valence-corrected chi connectivity index (χ0v) is 13.9. The maximum absolute atomic E-state index is 12.6. The standard InChI is InChI=1S/C15H13F3N4O3S/c16-15(17,18)10-4-6-11(7-5-10)19-14-20-13-3-1-2-12(22(13)21-14)8-9-26(23,24)25/h1-7H,8-9H2,(H,19,21)(H,23,24,25). The number of hydrogen-bond acceptors (Lipinski definition) is 5. The van der Waals surface area contributed by atoms with Crippen LogP contribution in [0.3, 0.4) is 0 Å². The number of rotatable bonds is 5. The first-order valence-corrected chi connectivity index (χ1v) is 8.97. The Labute approximate surface area is 146 Å². The van der Waals surface area contributed by atoms with Gasteiger partial charge in [-0.3, -0.25) is 4.55 Å². The van der Waals surface area contributed by atoms with Crippen molar-refractivity contribution in [2.75, 3.05) is 11.1 Å². The number of alkyl halides is 3. The van der Waals surface area contributed by atoms with Crippen LogP contribution in [0.1, 0.15) is 11.3 Å². The van der Waals surface area contributed by atoms with Crippen molar-refractivity contribution < 1.29 is 26.1 Å². The molecular formula is C15H13F3N4O3S. The van der Waals surface area contributed by atoms with Gasteiger partial charge in [-0.05, 0) is 36.4 Å². The van der Waals surface area contributed by atoms with Crippen molar-refractivity contribution in [2.24, 2.45) is 0 Å². The number of halogens is 3. The molecule has 0 saturated heterocycles. The third kappa shape index (κ3) is 4.29. The van der Waals surface area contributed by atoms with Gasteiger partial charge in [0.25, 0.3) is 10.1 Å². The molecule has 11 heteroatoms. The second-order valence-electron chi connectivity index (χ2n) is 5.46. The van der Waals surface area contributed by atoms with E-state index in [-0.39, 0.29) is 12.4 Å². The van der Waals surface area contributed by atoms with Crippen LogP contribution in [0.5, 0.6) is 0 Å². The first-order chi connectivity index (χ1) is 12.1. The summed E-state index contributed by atoms with van der Waals surface area (Å²) in [4.78, 5) is 4.19. The number of fused-ring (bicyclic) bond motifs is 1. The molecule has 3 aromatic rings. The summed E-state index contributed by atoms with van der Waals surface area (Å²) in [6.07, 6.45) is -4.39. The van der Waals surface area contributed by atoms with Gasteiger partial charge in [-0.15, -0.1) is 5.10 Å². The van der Waals surface area contributed by atoms with Gasteiger partial charge in [0.05, 0.1) is 11.3 Å². The van der Waals surface area contributed by atoms with Crippen LogP contribution in [0.4, 0.5) is 24.8 Å². The molecule has 1 aromatic carbocycles. The third-order valence-electron chi connectivity index (χ3n) is 3.52. The lowest BCUT2D eigenvalue weighted by Gasteiger charge is -2.07. The first kappa shape index (κ1) is 18.1. The summed E-state index contributed by atoms with van der Waals surface area (Å²) in [5, 5.41) is 6.97. The molecule has 0 unspecified atom stereocenters. The number of anilines is 2. The van der Waals surface area contributed by atoms with Crippen LogP contribution >= 0.6 is 0 Å². The highest BCUT2D eigenvalue weighted by Gasteiger charge is 2.29. The summed E-state index contributed by atoms with van der Waals surface area (Å²) < 4.78 is 69.8. The van der Waals surface area contributed by atoms with Crippen molar-refractivity contribution in [1.29, 1.82) is 0 Å². The monoisotopic (exact) mass is 386 g/mol. The Morgan fingerprint density at radius 3 is 2.42 bits per heavy atom.